The van der Waals surface area contributed by atoms with Crippen LogP contribution >= 0.6 is 0 Å². The molecular formula is C22H27NO3. The highest BCUT2D eigenvalue weighted by molar-refractivity contribution is 5.81. The molecule has 4 aliphatic rings. The molecule has 2 aliphatic carbocycles. The number of amides is 1. The van der Waals surface area contributed by atoms with Crippen LogP contribution < -0.4 is 9.47 Å². The molecule has 138 valence electrons. The van der Waals surface area contributed by atoms with Crippen molar-refractivity contribution >= 4 is 5.91 Å². The third-order valence-corrected chi connectivity index (χ3v) is 6.77. The molecule has 0 spiro atoms. The minimum atomic E-state index is 0.0729. The summed E-state index contributed by atoms with van der Waals surface area (Å²) >= 11 is 0. The van der Waals surface area contributed by atoms with Gasteiger partial charge in [-0.1, -0.05) is 31.1 Å². The fourth-order valence-corrected chi connectivity index (χ4v) is 5.45. The number of carbonyl (C=O) groups is 1. The number of hydrogen-bond donors (Lipinski definition) is 0. The summed E-state index contributed by atoms with van der Waals surface area (Å²) < 4.78 is 11.1. The van der Waals surface area contributed by atoms with Gasteiger partial charge < -0.3 is 14.4 Å². The Kier molecular flexibility index (Phi) is 4.14. The summed E-state index contributed by atoms with van der Waals surface area (Å²) in [4.78, 5) is 15.6. The van der Waals surface area contributed by atoms with Crippen molar-refractivity contribution in [3.63, 3.8) is 0 Å². The lowest BCUT2D eigenvalue weighted by Gasteiger charge is -2.43. The van der Waals surface area contributed by atoms with Crippen LogP contribution in [-0.4, -0.2) is 30.7 Å². The molecule has 0 N–H and O–H groups in total. The molecule has 26 heavy (non-hydrogen) atoms. The van der Waals surface area contributed by atoms with Crippen LogP contribution in [0.15, 0.2) is 30.4 Å². The summed E-state index contributed by atoms with van der Waals surface area (Å²) in [6.07, 6.45) is 12.0. The van der Waals surface area contributed by atoms with Gasteiger partial charge in [0.1, 0.15) is 0 Å². The predicted molar refractivity (Wildman–Crippen MR) is 99.2 cm³/mol. The second-order valence-corrected chi connectivity index (χ2v) is 8.19. The zero-order valence-corrected chi connectivity index (χ0v) is 15.2. The average molecular weight is 353 g/mol. The summed E-state index contributed by atoms with van der Waals surface area (Å²) in [7, 11) is 0. The van der Waals surface area contributed by atoms with Gasteiger partial charge in [-0.3, -0.25) is 4.79 Å². The molecule has 4 heteroatoms. The summed E-state index contributed by atoms with van der Waals surface area (Å²) in [6.45, 7) is 2.16. The molecule has 2 fully saturated rings. The molecule has 2 aliphatic heterocycles. The molecule has 1 saturated carbocycles. The van der Waals surface area contributed by atoms with Crippen LogP contribution in [0.25, 0.3) is 0 Å². The Hall–Kier alpha value is -1.97. The van der Waals surface area contributed by atoms with Crippen LogP contribution in [0.3, 0.4) is 0 Å². The lowest BCUT2D eigenvalue weighted by atomic mass is 9.63. The van der Waals surface area contributed by atoms with Gasteiger partial charge in [0, 0.05) is 19.0 Å². The normalized spacial score (nSPS) is 32.5. The third-order valence-electron chi connectivity index (χ3n) is 6.77. The average Bonchev–Trinajstić information content (AvgIpc) is 3.37. The van der Waals surface area contributed by atoms with Crippen LogP contribution in [0.2, 0.25) is 0 Å². The molecule has 0 aromatic heterocycles. The van der Waals surface area contributed by atoms with Gasteiger partial charge in [-0.25, -0.2) is 0 Å². The van der Waals surface area contributed by atoms with Gasteiger partial charge in [-0.15, -0.1) is 0 Å². The molecule has 1 amide bonds. The third kappa shape index (κ3) is 2.70. The van der Waals surface area contributed by atoms with Gasteiger partial charge in [-0.05, 0) is 55.2 Å². The minimum Gasteiger partial charge on any atom is -0.454 e. The molecule has 1 aromatic carbocycles. The van der Waals surface area contributed by atoms with Gasteiger partial charge in [0.15, 0.2) is 11.5 Å². The number of hydrogen-bond acceptors (Lipinski definition) is 3. The van der Waals surface area contributed by atoms with Crippen molar-refractivity contribution in [1.29, 1.82) is 0 Å². The second-order valence-electron chi connectivity index (χ2n) is 8.19. The van der Waals surface area contributed by atoms with Crippen LogP contribution in [0.1, 0.15) is 50.0 Å². The van der Waals surface area contributed by atoms with E-state index < -0.39 is 0 Å². The molecule has 1 saturated heterocycles. The van der Waals surface area contributed by atoms with Crippen molar-refractivity contribution in [2.75, 3.05) is 19.9 Å². The first-order valence-corrected chi connectivity index (χ1v) is 10.2. The summed E-state index contributed by atoms with van der Waals surface area (Å²) in [5, 5.41) is 0. The van der Waals surface area contributed by atoms with E-state index in [1.54, 1.807) is 0 Å². The number of rotatable bonds is 2. The summed E-state index contributed by atoms with van der Waals surface area (Å²) in [5.41, 5.74) is 1.19. The smallest absolute Gasteiger partial charge is 0.231 e. The topological polar surface area (TPSA) is 38.8 Å². The molecule has 1 aromatic rings. The first kappa shape index (κ1) is 16.2. The number of ether oxygens (including phenoxy) is 2. The molecule has 4 atom stereocenters. The van der Waals surface area contributed by atoms with E-state index in [-0.39, 0.29) is 11.8 Å². The lowest BCUT2D eigenvalue weighted by molar-refractivity contribution is -0.138. The van der Waals surface area contributed by atoms with E-state index in [9.17, 15) is 4.79 Å². The van der Waals surface area contributed by atoms with E-state index in [0.29, 0.717) is 24.5 Å². The Bertz CT molecular complexity index is 722. The van der Waals surface area contributed by atoms with Gasteiger partial charge in [0.25, 0.3) is 0 Å². The van der Waals surface area contributed by atoms with E-state index in [1.165, 1.54) is 31.2 Å². The van der Waals surface area contributed by atoms with Crippen LogP contribution in [0.4, 0.5) is 0 Å². The Morgan fingerprint density at radius 1 is 0.962 bits per heavy atom. The monoisotopic (exact) mass is 353 g/mol. The Balaban J connectivity index is 1.51. The maximum atomic E-state index is 13.5. The van der Waals surface area contributed by atoms with Crippen molar-refractivity contribution in [2.45, 2.75) is 44.4 Å². The van der Waals surface area contributed by atoms with E-state index in [1.807, 2.05) is 6.07 Å². The first-order valence-electron chi connectivity index (χ1n) is 10.2. The lowest BCUT2D eigenvalue weighted by Crippen LogP contribution is -2.44. The van der Waals surface area contributed by atoms with E-state index >= 15 is 0 Å². The van der Waals surface area contributed by atoms with Crippen molar-refractivity contribution in [1.82, 2.24) is 4.90 Å². The number of fused-ring (bicyclic) bond motifs is 2. The SMILES string of the molecule is O=C([C@@H]1[C@H]2CCCC[C@H]2C=C[C@@H]1c1ccc2c(c1)OCO2)N1CCCC1. The van der Waals surface area contributed by atoms with E-state index in [0.717, 1.165) is 37.4 Å². The molecule has 5 rings (SSSR count). The highest BCUT2D eigenvalue weighted by Gasteiger charge is 2.44. The highest BCUT2D eigenvalue weighted by Crippen LogP contribution is 2.48. The van der Waals surface area contributed by atoms with Crippen molar-refractivity contribution in [3.8, 4) is 11.5 Å². The molecule has 4 nitrogen and oxygen atoms in total. The minimum absolute atomic E-state index is 0.0729. The molecule has 0 radical (unpaired) electrons. The molecular weight excluding hydrogens is 326 g/mol. The quantitative estimate of drug-likeness (QED) is 0.751. The number of benzene rings is 1. The maximum Gasteiger partial charge on any atom is 0.231 e. The molecule has 0 bridgehead atoms. The highest BCUT2D eigenvalue weighted by atomic mass is 16.7. The van der Waals surface area contributed by atoms with Gasteiger partial charge >= 0.3 is 0 Å². The molecule has 2 heterocycles. The number of carbonyl (C=O) groups excluding carboxylic acids is 1. The Labute approximate surface area is 155 Å². The Morgan fingerprint density at radius 3 is 2.65 bits per heavy atom. The number of likely N-dealkylation sites (tertiary alicyclic amines) is 1. The van der Waals surface area contributed by atoms with Crippen molar-refractivity contribution in [3.05, 3.63) is 35.9 Å². The largest absolute Gasteiger partial charge is 0.454 e. The summed E-state index contributed by atoms with van der Waals surface area (Å²) in [6, 6.07) is 6.20. The summed E-state index contributed by atoms with van der Waals surface area (Å²) in [5.74, 6) is 3.29. The first-order chi connectivity index (χ1) is 12.8. The fourth-order valence-electron chi connectivity index (χ4n) is 5.45. The van der Waals surface area contributed by atoms with E-state index in [4.69, 9.17) is 9.47 Å². The Morgan fingerprint density at radius 2 is 1.77 bits per heavy atom. The standard InChI is InChI=1S/C22H27NO3/c24-22(23-11-3-4-12-23)21-17-6-2-1-5-15(17)7-9-18(21)16-8-10-19-20(13-16)26-14-25-19/h7-10,13,15,17-18,21H,1-6,11-12,14H2/t15-,17-,18+,21+/m0/s1. The van der Waals surface area contributed by atoms with Crippen LogP contribution in [-0.2, 0) is 4.79 Å². The number of allylic oxidation sites excluding steroid dienone is 2. The zero-order chi connectivity index (χ0) is 17.5. The number of nitrogens with zero attached hydrogens (tertiary/aromatic N) is 1. The van der Waals surface area contributed by atoms with Gasteiger partial charge in [-0.2, -0.15) is 0 Å². The van der Waals surface area contributed by atoms with Gasteiger partial charge in [0.2, 0.25) is 12.7 Å². The van der Waals surface area contributed by atoms with Crippen LogP contribution in [0.5, 0.6) is 11.5 Å². The van der Waals surface area contributed by atoms with Crippen LogP contribution in [0, 0.1) is 17.8 Å². The van der Waals surface area contributed by atoms with Crippen molar-refractivity contribution < 1.29 is 14.3 Å². The fraction of sp³-hybridized carbons (Fsp3) is 0.591. The van der Waals surface area contributed by atoms with Crippen molar-refractivity contribution in [2.24, 2.45) is 17.8 Å². The van der Waals surface area contributed by atoms with E-state index in [2.05, 4.69) is 29.2 Å². The maximum absolute atomic E-state index is 13.5. The zero-order valence-electron chi connectivity index (χ0n) is 15.2. The second kappa shape index (κ2) is 6.64. The molecule has 0 unspecified atom stereocenters. The van der Waals surface area contributed by atoms with Gasteiger partial charge in [0.05, 0.1) is 5.92 Å². The predicted octanol–water partition coefficient (Wildman–Crippen LogP) is 4.11.